The number of aliphatic hydroxyl groups excluding tert-OH is 3. The van der Waals surface area contributed by atoms with Gasteiger partial charge in [0.25, 0.3) is 0 Å². The zero-order valence-corrected chi connectivity index (χ0v) is 27.0. The molecule has 0 aromatic carbocycles. The van der Waals surface area contributed by atoms with Crippen molar-refractivity contribution in [1.82, 2.24) is 0 Å². The molecule has 4 fully saturated rings. The van der Waals surface area contributed by atoms with E-state index < -0.39 is 36.7 Å². The summed E-state index contributed by atoms with van der Waals surface area (Å²) < 4.78 is 17.1. The molecule has 5 aliphatic rings. The molecular formula is C35H58O7. The van der Waals surface area contributed by atoms with Crippen molar-refractivity contribution in [3.8, 4) is 0 Å². The summed E-state index contributed by atoms with van der Waals surface area (Å²) in [4.78, 5) is 11.3. The molecule has 13 atom stereocenters. The van der Waals surface area contributed by atoms with Crippen LogP contribution in [0.3, 0.4) is 0 Å². The van der Waals surface area contributed by atoms with E-state index in [1.54, 1.807) is 0 Å². The van der Waals surface area contributed by atoms with E-state index in [9.17, 15) is 20.1 Å². The Balaban J connectivity index is 1.23. The van der Waals surface area contributed by atoms with Crippen LogP contribution >= 0.6 is 0 Å². The molecule has 1 saturated heterocycles. The van der Waals surface area contributed by atoms with Gasteiger partial charge in [-0.2, -0.15) is 0 Å². The maximum absolute atomic E-state index is 11.3. The van der Waals surface area contributed by atoms with E-state index in [1.807, 2.05) is 0 Å². The van der Waals surface area contributed by atoms with Crippen LogP contribution in [0.5, 0.6) is 0 Å². The maximum atomic E-state index is 11.3. The molecule has 4 aliphatic carbocycles. The first-order valence-electron chi connectivity index (χ1n) is 17.0. The van der Waals surface area contributed by atoms with Gasteiger partial charge in [-0.05, 0) is 97.7 Å². The molecule has 5 rings (SSSR count). The summed E-state index contributed by atoms with van der Waals surface area (Å²) in [6.45, 7) is 13.4. The quantitative estimate of drug-likeness (QED) is 0.231. The molecule has 1 heterocycles. The summed E-state index contributed by atoms with van der Waals surface area (Å²) in [5, 5.41) is 31.4. The van der Waals surface area contributed by atoms with Crippen molar-refractivity contribution >= 4 is 5.97 Å². The van der Waals surface area contributed by atoms with Crippen LogP contribution in [0, 0.1) is 46.3 Å². The minimum absolute atomic E-state index is 0.131. The van der Waals surface area contributed by atoms with Gasteiger partial charge in [0.05, 0.1) is 6.10 Å². The van der Waals surface area contributed by atoms with Crippen LogP contribution in [0.4, 0.5) is 0 Å². The molecule has 3 saturated carbocycles. The standard InChI is InChI=1S/C35H58O7/c1-20(2)8-7-9-21(3)26-12-13-27-25-11-10-23-18-24(14-16-34(23,5)28(25)15-17-35(26,27)6)41-33-32(39)31(38)30(37)29(42-33)19-40-22(4)36/h10,20-21,24-33,37-39H,7-9,11-19H2,1-6H3/t21-,24?,25?,26?,27?,28?,29?,30?,31?,32?,33?,34+,35-/m1/s1. The third-order valence-corrected chi connectivity index (χ3v) is 12.7. The minimum Gasteiger partial charge on any atom is -0.463 e. The molecule has 0 spiro atoms. The fourth-order valence-electron chi connectivity index (χ4n) is 10.3. The molecular weight excluding hydrogens is 532 g/mol. The first kappa shape index (κ1) is 32.4. The number of hydrogen-bond donors (Lipinski definition) is 3. The van der Waals surface area contributed by atoms with Gasteiger partial charge in [-0.3, -0.25) is 4.79 Å². The van der Waals surface area contributed by atoms with Gasteiger partial charge in [-0.15, -0.1) is 0 Å². The predicted octanol–water partition coefficient (Wildman–Crippen LogP) is 5.78. The van der Waals surface area contributed by atoms with E-state index in [-0.39, 0.29) is 18.1 Å². The average Bonchev–Trinajstić information content (AvgIpc) is 3.29. The third-order valence-electron chi connectivity index (χ3n) is 12.7. The molecule has 0 amide bonds. The SMILES string of the molecule is CC(=O)OCC1OC(OC2CC[C@@]3(C)C(=CCC4C5CCC([C@H](C)CCCC(C)C)[C@@]5(C)CCC43)C2)C(O)C(O)C1O. The van der Waals surface area contributed by atoms with E-state index in [4.69, 9.17) is 14.2 Å². The Morgan fingerprint density at radius 2 is 1.76 bits per heavy atom. The highest BCUT2D eigenvalue weighted by molar-refractivity contribution is 5.65. The Bertz CT molecular complexity index is 980. The Hall–Kier alpha value is -0.990. The summed E-state index contributed by atoms with van der Waals surface area (Å²) in [7, 11) is 0. The number of hydrogen-bond acceptors (Lipinski definition) is 7. The van der Waals surface area contributed by atoms with Crippen LogP contribution in [0.15, 0.2) is 11.6 Å². The molecule has 1 aliphatic heterocycles. The van der Waals surface area contributed by atoms with Crippen molar-refractivity contribution in [3.05, 3.63) is 11.6 Å². The first-order chi connectivity index (χ1) is 19.8. The summed E-state index contributed by atoms with van der Waals surface area (Å²) in [5.41, 5.74) is 2.15. The van der Waals surface area contributed by atoms with E-state index in [2.05, 4.69) is 40.7 Å². The molecule has 7 nitrogen and oxygen atoms in total. The second-order valence-corrected chi connectivity index (χ2v) is 15.6. The number of aliphatic hydroxyl groups is 3. The topological polar surface area (TPSA) is 105 Å². The summed E-state index contributed by atoms with van der Waals surface area (Å²) in [6.07, 6.45) is 9.64. The van der Waals surface area contributed by atoms with E-state index in [0.29, 0.717) is 11.3 Å². The number of rotatable bonds is 9. The second kappa shape index (κ2) is 12.8. The molecule has 240 valence electrons. The Morgan fingerprint density at radius 1 is 1.00 bits per heavy atom. The zero-order valence-electron chi connectivity index (χ0n) is 27.0. The van der Waals surface area contributed by atoms with Gasteiger partial charge in [-0.25, -0.2) is 0 Å². The number of carbonyl (C=O) groups is 1. The van der Waals surface area contributed by atoms with Gasteiger partial charge in [0.2, 0.25) is 0 Å². The smallest absolute Gasteiger partial charge is 0.302 e. The van der Waals surface area contributed by atoms with Gasteiger partial charge >= 0.3 is 5.97 Å². The van der Waals surface area contributed by atoms with Crippen LogP contribution in [0.25, 0.3) is 0 Å². The van der Waals surface area contributed by atoms with Crippen LogP contribution < -0.4 is 0 Å². The average molecular weight is 591 g/mol. The number of ether oxygens (including phenoxy) is 3. The molecule has 0 bridgehead atoms. The van der Waals surface area contributed by atoms with Crippen molar-refractivity contribution in [2.24, 2.45) is 46.3 Å². The lowest BCUT2D eigenvalue weighted by Crippen LogP contribution is -2.60. The molecule has 0 radical (unpaired) electrons. The monoisotopic (exact) mass is 590 g/mol. The lowest BCUT2D eigenvalue weighted by Gasteiger charge is -2.58. The lowest BCUT2D eigenvalue weighted by molar-refractivity contribution is -0.313. The fourth-order valence-corrected chi connectivity index (χ4v) is 10.3. The van der Waals surface area contributed by atoms with Crippen molar-refractivity contribution in [1.29, 1.82) is 0 Å². The van der Waals surface area contributed by atoms with Crippen molar-refractivity contribution < 1.29 is 34.3 Å². The molecule has 0 aromatic heterocycles. The number of esters is 1. The predicted molar refractivity (Wildman–Crippen MR) is 161 cm³/mol. The van der Waals surface area contributed by atoms with Crippen LogP contribution in [0.1, 0.15) is 112 Å². The van der Waals surface area contributed by atoms with Crippen LogP contribution in [-0.4, -0.2) is 64.7 Å². The minimum atomic E-state index is -1.43. The van der Waals surface area contributed by atoms with E-state index in [1.165, 1.54) is 57.4 Å². The highest BCUT2D eigenvalue weighted by Crippen LogP contribution is 2.67. The van der Waals surface area contributed by atoms with Gasteiger partial charge in [-0.1, -0.05) is 65.5 Å². The highest BCUT2D eigenvalue weighted by Gasteiger charge is 2.59. The molecule has 3 N–H and O–H groups in total. The van der Waals surface area contributed by atoms with E-state index in [0.717, 1.165) is 55.3 Å². The maximum Gasteiger partial charge on any atom is 0.302 e. The summed E-state index contributed by atoms with van der Waals surface area (Å²) in [6, 6.07) is 0. The third kappa shape index (κ3) is 6.11. The molecule has 7 heteroatoms. The van der Waals surface area contributed by atoms with Gasteiger partial charge < -0.3 is 29.5 Å². The Morgan fingerprint density at radius 3 is 2.48 bits per heavy atom. The lowest BCUT2D eigenvalue weighted by atomic mass is 9.47. The Kier molecular flexibility index (Phi) is 9.86. The number of allylic oxidation sites excluding steroid dienone is 1. The second-order valence-electron chi connectivity index (χ2n) is 15.6. The highest BCUT2D eigenvalue weighted by atomic mass is 16.7. The van der Waals surface area contributed by atoms with Crippen LogP contribution in [0.2, 0.25) is 0 Å². The van der Waals surface area contributed by atoms with E-state index >= 15 is 0 Å². The normalized spacial score (nSPS) is 45.9. The zero-order chi connectivity index (χ0) is 30.4. The summed E-state index contributed by atoms with van der Waals surface area (Å²) >= 11 is 0. The van der Waals surface area contributed by atoms with Crippen LogP contribution in [-0.2, 0) is 19.0 Å². The molecule has 0 aromatic rings. The van der Waals surface area contributed by atoms with Crippen molar-refractivity contribution in [2.75, 3.05) is 6.61 Å². The van der Waals surface area contributed by atoms with Gasteiger partial charge in [0, 0.05) is 6.92 Å². The number of fused-ring (bicyclic) bond motifs is 5. The number of carbonyl (C=O) groups excluding carboxylic acids is 1. The first-order valence-corrected chi connectivity index (χ1v) is 17.0. The largest absolute Gasteiger partial charge is 0.463 e. The molecule has 10 unspecified atom stereocenters. The van der Waals surface area contributed by atoms with Gasteiger partial charge in [0.1, 0.15) is 31.0 Å². The van der Waals surface area contributed by atoms with Crippen molar-refractivity contribution in [2.45, 2.75) is 149 Å². The van der Waals surface area contributed by atoms with Crippen molar-refractivity contribution in [3.63, 3.8) is 0 Å². The van der Waals surface area contributed by atoms with Gasteiger partial charge in [0.15, 0.2) is 6.29 Å². The summed E-state index contributed by atoms with van der Waals surface area (Å²) in [5.74, 6) is 4.29. The molecule has 42 heavy (non-hydrogen) atoms. The Labute approximate surface area is 253 Å². The fraction of sp³-hybridized carbons (Fsp3) is 0.914.